The molecule has 0 saturated heterocycles. The van der Waals surface area contributed by atoms with Crippen molar-refractivity contribution in [3.05, 3.63) is 114 Å². The molecule has 2 heterocycles. The van der Waals surface area contributed by atoms with E-state index in [4.69, 9.17) is 23.9 Å². The van der Waals surface area contributed by atoms with Crippen molar-refractivity contribution in [2.24, 2.45) is 4.99 Å². The first-order valence-corrected chi connectivity index (χ1v) is 16.4. The Morgan fingerprint density at radius 2 is 1.67 bits per heavy atom. The van der Waals surface area contributed by atoms with Crippen molar-refractivity contribution >= 4 is 29.1 Å². The zero-order chi connectivity index (χ0) is 33.0. The molecule has 1 aliphatic heterocycles. The Hall–Kier alpha value is -4.63. The van der Waals surface area contributed by atoms with Crippen molar-refractivity contribution < 1.29 is 23.7 Å². The fourth-order valence-corrected chi connectivity index (χ4v) is 6.63. The number of aryl methyl sites for hydroxylation is 1. The monoisotopic (exact) mass is 640 g/mol. The van der Waals surface area contributed by atoms with Gasteiger partial charge in [-0.3, -0.25) is 9.36 Å². The van der Waals surface area contributed by atoms with Gasteiger partial charge in [-0.25, -0.2) is 9.79 Å². The number of esters is 1. The predicted molar refractivity (Wildman–Crippen MR) is 182 cm³/mol. The standard InChI is InChI=1S/C37H40N2O6S/c1-8-43-28-17-16-25(20-30(28)44-9-2)34-32(36(41)45-10-3)33(24-14-12-11-13-15-24)38-37-39(34)35(40)31(46-37)21-26-19-27(22(4)5)29(42-7)18-23(26)6/h11-22,34H,8-10H2,1-7H3/b31-21+/t34-/m0/s1. The molecule has 5 rings (SSSR count). The summed E-state index contributed by atoms with van der Waals surface area (Å²) in [4.78, 5) is 33.7. The number of methoxy groups -OCH3 is 1. The van der Waals surface area contributed by atoms with Crippen LogP contribution in [0.3, 0.4) is 0 Å². The Balaban J connectivity index is 1.83. The molecule has 1 aromatic heterocycles. The fourth-order valence-electron chi connectivity index (χ4n) is 5.63. The second-order valence-corrected chi connectivity index (χ2v) is 12.1. The smallest absolute Gasteiger partial charge is 0.338 e. The quantitative estimate of drug-likeness (QED) is 0.182. The molecule has 4 aromatic rings. The maximum absolute atomic E-state index is 14.4. The Morgan fingerprint density at radius 1 is 0.957 bits per heavy atom. The van der Waals surface area contributed by atoms with Gasteiger partial charge < -0.3 is 18.9 Å². The number of carbonyl (C=O) groups is 1. The summed E-state index contributed by atoms with van der Waals surface area (Å²) in [7, 11) is 1.67. The highest BCUT2D eigenvalue weighted by atomic mass is 32.1. The third kappa shape index (κ3) is 6.37. The van der Waals surface area contributed by atoms with Crippen molar-refractivity contribution in [2.45, 2.75) is 53.5 Å². The van der Waals surface area contributed by atoms with Crippen LogP contribution in [0.25, 0.3) is 11.8 Å². The van der Waals surface area contributed by atoms with Crippen LogP contribution < -0.4 is 29.1 Å². The molecule has 0 unspecified atom stereocenters. The summed E-state index contributed by atoms with van der Waals surface area (Å²) in [5.74, 6) is 1.62. The van der Waals surface area contributed by atoms with Gasteiger partial charge >= 0.3 is 5.97 Å². The maximum Gasteiger partial charge on any atom is 0.338 e. The van der Waals surface area contributed by atoms with Crippen molar-refractivity contribution in [3.8, 4) is 17.2 Å². The number of nitrogens with zero attached hydrogens (tertiary/aromatic N) is 2. The van der Waals surface area contributed by atoms with Crippen LogP contribution in [0, 0.1) is 6.92 Å². The Morgan fingerprint density at radius 3 is 2.33 bits per heavy atom. The lowest BCUT2D eigenvalue weighted by atomic mass is 9.93. The van der Waals surface area contributed by atoms with E-state index in [0.717, 1.165) is 28.0 Å². The molecule has 46 heavy (non-hydrogen) atoms. The van der Waals surface area contributed by atoms with Crippen molar-refractivity contribution in [2.75, 3.05) is 26.9 Å². The normalized spacial score (nSPS) is 14.6. The highest BCUT2D eigenvalue weighted by Crippen LogP contribution is 2.39. The summed E-state index contributed by atoms with van der Waals surface area (Å²) < 4.78 is 25.1. The molecule has 240 valence electrons. The SMILES string of the molecule is CCOC(=O)C1=C(c2ccccc2)N=c2s/c(=C/c3cc(C(C)C)c(OC)cc3C)c(=O)n2[C@H]1c1ccc(OCC)c(OCC)c1. The molecular weight excluding hydrogens is 600 g/mol. The first-order valence-electron chi connectivity index (χ1n) is 15.6. The molecule has 0 spiro atoms. The van der Waals surface area contributed by atoms with Gasteiger partial charge in [0.15, 0.2) is 16.3 Å². The van der Waals surface area contributed by atoms with Gasteiger partial charge in [0.2, 0.25) is 0 Å². The molecule has 0 bridgehead atoms. The van der Waals surface area contributed by atoms with E-state index in [1.807, 2.05) is 81.4 Å². The van der Waals surface area contributed by atoms with Gasteiger partial charge in [0.05, 0.1) is 48.8 Å². The van der Waals surface area contributed by atoms with Gasteiger partial charge in [-0.05, 0) is 86.2 Å². The average Bonchev–Trinajstić information content (AvgIpc) is 3.36. The summed E-state index contributed by atoms with van der Waals surface area (Å²) in [6, 6.07) is 18.3. The summed E-state index contributed by atoms with van der Waals surface area (Å²) >= 11 is 1.29. The van der Waals surface area contributed by atoms with E-state index in [-0.39, 0.29) is 23.7 Å². The first-order chi connectivity index (χ1) is 22.2. The number of benzene rings is 3. The number of rotatable bonds is 11. The lowest BCUT2D eigenvalue weighted by Crippen LogP contribution is -2.40. The topological polar surface area (TPSA) is 88.4 Å². The zero-order valence-electron chi connectivity index (χ0n) is 27.4. The third-order valence-electron chi connectivity index (χ3n) is 7.78. The molecule has 9 heteroatoms. The Labute approximate surface area is 273 Å². The van der Waals surface area contributed by atoms with Crippen LogP contribution in [-0.2, 0) is 9.53 Å². The number of ether oxygens (including phenoxy) is 4. The van der Waals surface area contributed by atoms with Gasteiger partial charge in [0, 0.05) is 5.56 Å². The molecule has 0 radical (unpaired) electrons. The molecule has 8 nitrogen and oxygen atoms in total. The zero-order valence-corrected chi connectivity index (χ0v) is 28.2. The average molecular weight is 641 g/mol. The van der Waals surface area contributed by atoms with E-state index >= 15 is 0 Å². The summed E-state index contributed by atoms with van der Waals surface area (Å²) in [5, 5.41) is 0. The summed E-state index contributed by atoms with van der Waals surface area (Å²) in [5.41, 5.74) is 4.86. The number of hydrogen-bond donors (Lipinski definition) is 0. The Bertz CT molecular complexity index is 1960. The molecule has 0 N–H and O–H groups in total. The highest BCUT2D eigenvalue weighted by molar-refractivity contribution is 7.07. The second kappa shape index (κ2) is 14.2. The highest BCUT2D eigenvalue weighted by Gasteiger charge is 2.35. The van der Waals surface area contributed by atoms with Gasteiger partial charge in [0.25, 0.3) is 5.56 Å². The molecule has 1 aliphatic rings. The van der Waals surface area contributed by atoms with Crippen LogP contribution in [0.15, 0.2) is 76.0 Å². The number of thiazole rings is 1. The molecule has 1 atom stereocenters. The summed E-state index contributed by atoms with van der Waals surface area (Å²) in [6.07, 6.45) is 1.90. The molecule has 3 aromatic carbocycles. The molecular formula is C37H40N2O6S. The van der Waals surface area contributed by atoms with Crippen LogP contribution in [0.2, 0.25) is 0 Å². The number of aromatic nitrogens is 1. The number of fused-ring (bicyclic) bond motifs is 1. The minimum absolute atomic E-state index is 0.171. The second-order valence-electron chi connectivity index (χ2n) is 11.1. The van der Waals surface area contributed by atoms with Crippen molar-refractivity contribution in [1.29, 1.82) is 0 Å². The van der Waals surface area contributed by atoms with Crippen LogP contribution in [-0.4, -0.2) is 37.5 Å². The van der Waals surface area contributed by atoms with Crippen molar-refractivity contribution in [1.82, 2.24) is 4.57 Å². The fraction of sp³-hybridized carbons (Fsp3) is 0.324. The van der Waals surface area contributed by atoms with E-state index in [1.165, 1.54) is 11.3 Å². The molecule has 0 amide bonds. The van der Waals surface area contributed by atoms with Gasteiger partial charge in [-0.15, -0.1) is 0 Å². The molecule has 0 fully saturated rings. The van der Waals surface area contributed by atoms with E-state index in [2.05, 4.69) is 19.9 Å². The van der Waals surface area contributed by atoms with Crippen LogP contribution in [0.5, 0.6) is 17.2 Å². The third-order valence-corrected chi connectivity index (χ3v) is 8.77. The molecule has 0 aliphatic carbocycles. The lowest BCUT2D eigenvalue weighted by Gasteiger charge is -2.26. The maximum atomic E-state index is 14.4. The van der Waals surface area contributed by atoms with E-state index in [9.17, 15) is 9.59 Å². The van der Waals surface area contributed by atoms with Crippen LogP contribution >= 0.6 is 11.3 Å². The van der Waals surface area contributed by atoms with Crippen LogP contribution in [0.4, 0.5) is 0 Å². The minimum Gasteiger partial charge on any atom is -0.496 e. The predicted octanol–water partition coefficient (Wildman–Crippen LogP) is 6.17. The van der Waals surface area contributed by atoms with Crippen LogP contribution in [0.1, 0.15) is 74.4 Å². The number of carbonyl (C=O) groups excluding carboxylic acids is 1. The number of hydrogen-bond acceptors (Lipinski definition) is 8. The van der Waals surface area contributed by atoms with Gasteiger partial charge in [0.1, 0.15) is 5.75 Å². The largest absolute Gasteiger partial charge is 0.496 e. The summed E-state index contributed by atoms with van der Waals surface area (Å²) in [6.45, 7) is 12.8. The van der Waals surface area contributed by atoms with Gasteiger partial charge in [-0.2, -0.15) is 0 Å². The van der Waals surface area contributed by atoms with E-state index in [1.54, 1.807) is 18.6 Å². The Kier molecular flexibility index (Phi) is 10.1. The van der Waals surface area contributed by atoms with E-state index in [0.29, 0.717) is 45.3 Å². The first kappa shape index (κ1) is 32.8. The minimum atomic E-state index is -0.828. The van der Waals surface area contributed by atoms with E-state index < -0.39 is 12.0 Å². The lowest BCUT2D eigenvalue weighted by molar-refractivity contribution is -0.138. The molecule has 0 saturated carbocycles. The van der Waals surface area contributed by atoms with Gasteiger partial charge in [-0.1, -0.05) is 61.6 Å². The van der Waals surface area contributed by atoms with Crippen molar-refractivity contribution in [3.63, 3.8) is 0 Å².